The third kappa shape index (κ3) is 3.31. The summed E-state index contributed by atoms with van der Waals surface area (Å²) in [6.07, 6.45) is 1.05. The normalized spacial score (nSPS) is 15.8. The van der Waals surface area contributed by atoms with Crippen LogP contribution >= 0.6 is 0 Å². The fraction of sp³-hybridized carbons (Fsp3) is 0.385. The minimum absolute atomic E-state index is 0.168. The predicted octanol–water partition coefficient (Wildman–Crippen LogP) is 1.80. The molecule has 0 aliphatic carbocycles. The molecule has 1 aliphatic heterocycles. The zero-order chi connectivity index (χ0) is 12.1. The highest BCUT2D eigenvalue weighted by Crippen LogP contribution is 2.08. The molecule has 1 fully saturated rings. The highest BCUT2D eigenvalue weighted by Gasteiger charge is 2.19. The van der Waals surface area contributed by atoms with E-state index in [9.17, 15) is 4.79 Å². The first kappa shape index (κ1) is 11.6. The maximum absolute atomic E-state index is 11.1. The van der Waals surface area contributed by atoms with Gasteiger partial charge in [0.15, 0.2) is 0 Å². The molecule has 0 spiro atoms. The van der Waals surface area contributed by atoms with E-state index in [1.807, 2.05) is 35.2 Å². The summed E-state index contributed by atoms with van der Waals surface area (Å²) in [5.41, 5.74) is 1.05. The molecule has 1 aromatic rings. The van der Waals surface area contributed by atoms with Crippen LogP contribution in [0.3, 0.4) is 0 Å². The second kappa shape index (κ2) is 5.48. The standard InChI is InChI=1S/C13H16N2O2/c14-13(15-8-6-12(16)7-9-15)17-10-11-4-2-1-3-5-11/h1-5,14H,6-10H2. The maximum Gasteiger partial charge on any atom is 0.284 e. The minimum Gasteiger partial charge on any atom is -0.460 e. The lowest BCUT2D eigenvalue weighted by Crippen LogP contribution is -2.39. The van der Waals surface area contributed by atoms with Gasteiger partial charge in [-0.05, 0) is 5.56 Å². The van der Waals surface area contributed by atoms with Crippen molar-refractivity contribution in [2.24, 2.45) is 0 Å². The molecule has 0 atom stereocenters. The Hall–Kier alpha value is -1.84. The molecule has 1 heterocycles. The molecule has 4 nitrogen and oxygen atoms in total. The molecule has 0 saturated carbocycles. The van der Waals surface area contributed by atoms with E-state index in [1.165, 1.54) is 0 Å². The second-order valence-corrected chi connectivity index (χ2v) is 4.11. The number of likely N-dealkylation sites (tertiary alicyclic amines) is 1. The number of amidine groups is 1. The molecule has 1 aliphatic rings. The molecule has 1 aromatic carbocycles. The number of ether oxygens (including phenoxy) is 1. The van der Waals surface area contributed by atoms with E-state index >= 15 is 0 Å². The van der Waals surface area contributed by atoms with Crippen LogP contribution in [0.5, 0.6) is 0 Å². The largest absolute Gasteiger partial charge is 0.460 e. The van der Waals surface area contributed by atoms with E-state index in [0.717, 1.165) is 5.56 Å². The number of Topliss-reactive ketones (excluding diaryl/α,β-unsaturated/α-hetero) is 1. The third-order valence-corrected chi connectivity index (χ3v) is 2.83. The molecule has 1 N–H and O–H groups in total. The predicted molar refractivity (Wildman–Crippen MR) is 64.8 cm³/mol. The number of rotatable bonds is 2. The zero-order valence-corrected chi connectivity index (χ0v) is 9.69. The van der Waals surface area contributed by atoms with Crippen LogP contribution in [0.15, 0.2) is 30.3 Å². The van der Waals surface area contributed by atoms with Crippen molar-refractivity contribution in [3.8, 4) is 0 Å². The lowest BCUT2D eigenvalue weighted by Gasteiger charge is -2.27. The molecule has 0 amide bonds. The van der Waals surface area contributed by atoms with Crippen molar-refractivity contribution < 1.29 is 9.53 Å². The van der Waals surface area contributed by atoms with Gasteiger partial charge in [-0.25, -0.2) is 0 Å². The van der Waals surface area contributed by atoms with Crippen LogP contribution in [0.25, 0.3) is 0 Å². The van der Waals surface area contributed by atoms with Gasteiger partial charge in [0, 0.05) is 25.9 Å². The number of carbonyl (C=O) groups excluding carboxylic acids is 1. The van der Waals surface area contributed by atoms with Crippen molar-refractivity contribution >= 4 is 11.8 Å². The Balaban J connectivity index is 1.80. The van der Waals surface area contributed by atoms with Crippen LogP contribution < -0.4 is 0 Å². The van der Waals surface area contributed by atoms with E-state index < -0.39 is 0 Å². The maximum atomic E-state index is 11.1. The first-order valence-electron chi connectivity index (χ1n) is 5.77. The summed E-state index contributed by atoms with van der Waals surface area (Å²) < 4.78 is 5.40. The molecular weight excluding hydrogens is 216 g/mol. The molecule has 90 valence electrons. The van der Waals surface area contributed by atoms with Crippen LogP contribution in [0, 0.1) is 5.41 Å². The minimum atomic E-state index is 0.168. The van der Waals surface area contributed by atoms with Crippen molar-refractivity contribution in [3.05, 3.63) is 35.9 Å². The Morgan fingerprint density at radius 3 is 2.53 bits per heavy atom. The fourth-order valence-electron chi connectivity index (χ4n) is 1.78. The van der Waals surface area contributed by atoms with E-state index in [1.54, 1.807) is 0 Å². The second-order valence-electron chi connectivity index (χ2n) is 4.11. The van der Waals surface area contributed by atoms with Gasteiger partial charge in [0.2, 0.25) is 0 Å². The van der Waals surface area contributed by atoms with Crippen molar-refractivity contribution in [2.75, 3.05) is 13.1 Å². The van der Waals surface area contributed by atoms with Gasteiger partial charge >= 0.3 is 0 Å². The molecule has 0 aromatic heterocycles. The molecule has 4 heteroatoms. The van der Waals surface area contributed by atoms with Crippen molar-refractivity contribution in [1.29, 1.82) is 5.41 Å². The summed E-state index contributed by atoms with van der Waals surface area (Å²) in [7, 11) is 0. The molecule has 0 radical (unpaired) electrons. The number of piperidine rings is 1. The Labute approximate surface area is 101 Å². The quantitative estimate of drug-likeness (QED) is 0.625. The van der Waals surface area contributed by atoms with Crippen LogP contribution in [-0.4, -0.2) is 29.8 Å². The first-order chi connectivity index (χ1) is 8.25. The summed E-state index contributed by atoms with van der Waals surface area (Å²) in [5, 5.41) is 7.79. The number of ketones is 1. The van der Waals surface area contributed by atoms with E-state index in [0.29, 0.717) is 32.5 Å². The van der Waals surface area contributed by atoms with Gasteiger partial charge in [-0.2, -0.15) is 0 Å². The first-order valence-corrected chi connectivity index (χ1v) is 5.77. The highest BCUT2D eigenvalue weighted by molar-refractivity contribution is 5.81. The molecule has 1 saturated heterocycles. The smallest absolute Gasteiger partial charge is 0.284 e. The fourth-order valence-corrected chi connectivity index (χ4v) is 1.78. The van der Waals surface area contributed by atoms with Crippen molar-refractivity contribution in [3.63, 3.8) is 0 Å². The monoisotopic (exact) mass is 232 g/mol. The lowest BCUT2D eigenvalue weighted by molar-refractivity contribution is -0.120. The van der Waals surface area contributed by atoms with E-state index in [-0.39, 0.29) is 11.8 Å². The topological polar surface area (TPSA) is 53.4 Å². The van der Waals surface area contributed by atoms with Crippen LogP contribution in [-0.2, 0) is 16.1 Å². The molecule has 17 heavy (non-hydrogen) atoms. The summed E-state index contributed by atoms with van der Waals surface area (Å²) >= 11 is 0. The summed E-state index contributed by atoms with van der Waals surface area (Å²) in [4.78, 5) is 12.9. The number of hydrogen-bond acceptors (Lipinski definition) is 3. The van der Waals surface area contributed by atoms with E-state index in [2.05, 4.69) is 0 Å². The van der Waals surface area contributed by atoms with Gasteiger partial charge in [0.05, 0.1) is 0 Å². The average molecular weight is 232 g/mol. The number of carbonyl (C=O) groups is 1. The summed E-state index contributed by atoms with van der Waals surface area (Å²) in [6.45, 7) is 1.61. The molecule has 2 rings (SSSR count). The Morgan fingerprint density at radius 1 is 1.24 bits per heavy atom. The van der Waals surface area contributed by atoms with Crippen LogP contribution in [0.1, 0.15) is 18.4 Å². The lowest BCUT2D eigenvalue weighted by atomic mass is 10.1. The Morgan fingerprint density at radius 2 is 1.88 bits per heavy atom. The third-order valence-electron chi connectivity index (χ3n) is 2.83. The zero-order valence-electron chi connectivity index (χ0n) is 9.69. The number of nitrogens with zero attached hydrogens (tertiary/aromatic N) is 1. The van der Waals surface area contributed by atoms with Gasteiger partial charge in [0.25, 0.3) is 6.02 Å². The average Bonchev–Trinajstić information content (AvgIpc) is 2.38. The Bertz CT molecular complexity index is 393. The van der Waals surface area contributed by atoms with E-state index in [4.69, 9.17) is 10.1 Å². The summed E-state index contributed by atoms with van der Waals surface area (Å²) in [6, 6.07) is 9.94. The van der Waals surface area contributed by atoms with Gasteiger partial charge in [-0.15, -0.1) is 0 Å². The van der Waals surface area contributed by atoms with Crippen molar-refractivity contribution in [1.82, 2.24) is 4.90 Å². The van der Waals surface area contributed by atoms with Crippen molar-refractivity contribution in [2.45, 2.75) is 19.4 Å². The number of nitrogens with one attached hydrogen (secondary N) is 1. The Kier molecular flexibility index (Phi) is 3.75. The van der Waals surface area contributed by atoms with Gasteiger partial charge < -0.3 is 9.64 Å². The SMILES string of the molecule is N=C(OCc1ccccc1)N1CCC(=O)CC1. The van der Waals surface area contributed by atoms with Gasteiger partial charge in [-0.1, -0.05) is 30.3 Å². The summed E-state index contributed by atoms with van der Waals surface area (Å²) in [5.74, 6) is 0.275. The molecule has 0 unspecified atom stereocenters. The highest BCUT2D eigenvalue weighted by atomic mass is 16.5. The van der Waals surface area contributed by atoms with Crippen LogP contribution in [0.2, 0.25) is 0 Å². The van der Waals surface area contributed by atoms with Gasteiger partial charge in [0.1, 0.15) is 12.4 Å². The molecule has 0 bridgehead atoms. The van der Waals surface area contributed by atoms with Gasteiger partial charge in [-0.3, -0.25) is 10.2 Å². The molecular formula is C13H16N2O2. The number of hydrogen-bond donors (Lipinski definition) is 1. The number of benzene rings is 1. The van der Waals surface area contributed by atoms with Crippen LogP contribution in [0.4, 0.5) is 0 Å².